The Labute approximate surface area is 125 Å². The van der Waals surface area contributed by atoms with E-state index >= 15 is 0 Å². The first-order chi connectivity index (χ1) is 9.74. The fourth-order valence-electron chi connectivity index (χ4n) is 2.66. The van der Waals surface area contributed by atoms with E-state index in [0.717, 1.165) is 31.1 Å². The molecule has 2 nitrogen and oxygen atoms in total. The van der Waals surface area contributed by atoms with Crippen LogP contribution < -0.4 is 10.2 Å². The van der Waals surface area contributed by atoms with Crippen LogP contribution in [0.2, 0.25) is 5.02 Å². The molecule has 0 radical (unpaired) electrons. The minimum atomic E-state index is 0.859. The number of hydrogen-bond acceptors (Lipinski definition) is 2. The van der Waals surface area contributed by atoms with Crippen LogP contribution in [0.1, 0.15) is 17.5 Å². The zero-order valence-corrected chi connectivity index (χ0v) is 12.5. The van der Waals surface area contributed by atoms with E-state index in [2.05, 4.69) is 53.5 Å². The van der Waals surface area contributed by atoms with Gasteiger partial charge in [0, 0.05) is 24.7 Å². The van der Waals surface area contributed by atoms with Gasteiger partial charge >= 0.3 is 0 Å². The van der Waals surface area contributed by atoms with Gasteiger partial charge in [-0.1, -0.05) is 35.9 Å². The first-order valence-corrected chi connectivity index (χ1v) is 7.45. The molecule has 104 valence electrons. The highest BCUT2D eigenvalue weighted by Crippen LogP contribution is 2.30. The Balaban J connectivity index is 1.90. The molecule has 0 amide bonds. The van der Waals surface area contributed by atoms with E-state index in [0.29, 0.717) is 0 Å². The fourth-order valence-corrected chi connectivity index (χ4v) is 2.96. The van der Waals surface area contributed by atoms with Gasteiger partial charge in [0.25, 0.3) is 0 Å². The summed E-state index contributed by atoms with van der Waals surface area (Å²) in [7, 11) is 0. The minimum Gasteiger partial charge on any atom is -0.383 e. The fraction of sp³-hybridized carbons (Fsp3) is 0.294. The topological polar surface area (TPSA) is 15.3 Å². The predicted molar refractivity (Wildman–Crippen MR) is 86.8 cm³/mol. The summed E-state index contributed by atoms with van der Waals surface area (Å²) in [5.74, 6) is 0. The Kier molecular flexibility index (Phi) is 3.83. The number of rotatable bonds is 2. The van der Waals surface area contributed by atoms with E-state index in [1.165, 1.54) is 22.5 Å². The third-order valence-electron chi connectivity index (χ3n) is 3.73. The van der Waals surface area contributed by atoms with Crippen molar-refractivity contribution in [2.75, 3.05) is 23.3 Å². The van der Waals surface area contributed by atoms with Crippen LogP contribution in [0.3, 0.4) is 0 Å². The van der Waals surface area contributed by atoms with Gasteiger partial charge in [-0.25, -0.2) is 0 Å². The lowest BCUT2D eigenvalue weighted by atomic mass is 10.1. The van der Waals surface area contributed by atoms with Gasteiger partial charge in [-0.3, -0.25) is 0 Å². The number of hydrogen-bond donors (Lipinski definition) is 1. The molecule has 2 aromatic rings. The Hall–Kier alpha value is -1.67. The molecular weight excluding hydrogens is 268 g/mol. The van der Waals surface area contributed by atoms with Gasteiger partial charge < -0.3 is 10.2 Å². The Morgan fingerprint density at radius 2 is 2.05 bits per heavy atom. The maximum Gasteiger partial charge on any atom is 0.0605 e. The Bertz CT molecular complexity index is 610. The van der Waals surface area contributed by atoms with E-state index in [4.69, 9.17) is 11.6 Å². The van der Waals surface area contributed by atoms with Crippen molar-refractivity contribution in [1.29, 1.82) is 0 Å². The summed E-state index contributed by atoms with van der Waals surface area (Å²) in [6.07, 6.45) is 1.14. The molecule has 0 aromatic heterocycles. The molecule has 0 bridgehead atoms. The summed E-state index contributed by atoms with van der Waals surface area (Å²) in [5, 5.41) is 4.35. The summed E-state index contributed by atoms with van der Waals surface area (Å²) >= 11 is 6.37. The van der Waals surface area contributed by atoms with Gasteiger partial charge in [0.1, 0.15) is 0 Å². The lowest BCUT2D eigenvalue weighted by Crippen LogP contribution is -2.23. The number of fused-ring (bicyclic) bond motifs is 1. The number of benzene rings is 2. The summed E-state index contributed by atoms with van der Waals surface area (Å²) in [4.78, 5) is 2.41. The molecule has 1 N–H and O–H groups in total. The Morgan fingerprint density at radius 3 is 2.90 bits per heavy atom. The van der Waals surface area contributed by atoms with Crippen LogP contribution in [0.5, 0.6) is 0 Å². The first-order valence-electron chi connectivity index (χ1n) is 7.07. The summed E-state index contributed by atoms with van der Waals surface area (Å²) in [5.41, 5.74) is 4.88. The van der Waals surface area contributed by atoms with Crippen LogP contribution in [-0.4, -0.2) is 13.1 Å². The second-order valence-electron chi connectivity index (χ2n) is 5.31. The summed E-state index contributed by atoms with van der Waals surface area (Å²) < 4.78 is 0. The van der Waals surface area contributed by atoms with E-state index in [1.807, 2.05) is 6.07 Å². The average Bonchev–Trinajstić information content (AvgIpc) is 2.65. The smallest absolute Gasteiger partial charge is 0.0605 e. The van der Waals surface area contributed by atoms with Crippen LogP contribution in [-0.2, 0) is 6.54 Å². The molecule has 0 saturated heterocycles. The van der Waals surface area contributed by atoms with Crippen molar-refractivity contribution in [2.24, 2.45) is 0 Å². The van der Waals surface area contributed by atoms with Crippen molar-refractivity contribution in [1.82, 2.24) is 0 Å². The molecule has 3 rings (SSSR count). The highest BCUT2D eigenvalue weighted by atomic mass is 35.5. The molecule has 0 unspecified atom stereocenters. The molecule has 0 saturated carbocycles. The van der Waals surface area contributed by atoms with E-state index in [1.54, 1.807) is 0 Å². The summed E-state index contributed by atoms with van der Waals surface area (Å²) in [6.45, 7) is 5.00. The first kappa shape index (κ1) is 13.3. The summed E-state index contributed by atoms with van der Waals surface area (Å²) in [6, 6.07) is 14.8. The zero-order valence-electron chi connectivity index (χ0n) is 11.7. The molecule has 1 aliphatic heterocycles. The second kappa shape index (κ2) is 5.76. The van der Waals surface area contributed by atoms with Gasteiger partial charge in [-0.05, 0) is 42.7 Å². The number of nitrogens with one attached hydrogen (secondary N) is 1. The van der Waals surface area contributed by atoms with Crippen LogP contribution in [0.25, 0.3) is 0 Å². The standard InChI is InChI=1S/C17H19ClN2/c1-13-7-8-14(15(18)11-13)12-20-10-4-9-19-16-5-2-3-6-17(16)20/h2-3,5-8,11,19H,4,9-10,12H2,1H3. The number of para-hydroxylation sites is 2. The van der Waals surface area contributed by atoms with Gasteiger partial charge in [0.15, 0.2) is 0 Å². The van der Waals surface area contributed by atoms with Crippen molar-refractivity contribution in [2.45, 2.75) is 19.9 Å². The van der Waals surface area contributed by atoms with Gasteiger partial charge in [-0.2, -0.15) is 0 Å². The van der Waals surface area contributed by atoms with Crippen molar-refractivity contribution < 1.29 is 0 Å². The molecule has 0 aliphatic carbocycles. The van der Waals surface area contributed by atoms with Crippen molar-refractivity contribution in [3.63, 3.8) is 0 Å². The maximum atomic E-state index is 6.37. The van der Waals surface area contributed by atoms with Crippen LogP contribution in [0.15, 0.2) is 42.5 Å². The maximum absolute atomic E-state index is 6.37. The average molecular weight is 287 g/mol. The van der Waals surface area contributed by atoms with E-state index in [-0.39, 0.29) is 0 Å². The lowest BCUT2D eigenvalue weighted by molar-refractivity contribution is 0.764. The van der Waals surface area contributed by atoms with Crippen LogP contribution in [0.4, 0.5) is 11.4 Å². The quantitative estimate of drug-likeness (QED) is 0.876. The highest BCUT2D eigenvalue weighted by Gasteiger charge is 2.15. The third kappa shape index (κ3) is 2.75. The van der Waals surface area contributed by atoms with Crippen molar-refractivity contribution in [3.05, 3.63) is 58.6 Å². The van der Waals surface area contributed by atoms with Gasteiger partial charge in [0.2, 0.25) is 0 Å². The van der Waals surface area contributed by atoms with Gasteiger partial charge in [-0.15, -0.1) is 0 Å². The van der Waals surface area contributed by atoms with Crippen molar-refractivity contribution >= 4 is 23.0 Å². The number of aryl methyl sites for hydroxylation is 1. The largest absolute Gasteiger partial charge is 0.383 e. The lowest BCUT2D eigenvalue weighted by Gasteiger charge is -2.25. The minimum absolute atomic E-state index is 0.859. The molecule has 20 heavy (non-hydrogen) atoms. The third-order valence-corrected chi connectivity index (χ3v) is 4.09. The number of halogens is 1. The van der Waals surface area contributed by atoms with Crippen LogP contribution in [0, 0.1) is 6.92 Å². The molecule has 2 aromatic carbocycles. The number of anilines is 2. The zero-order chi connectivity index (χ0) is 13.9. The SMILES string of the molecule is Cc1ccc(CN2CCCNc3ccccc32)c(Cl)c1. The van der Waals surface area contributed by atoms with Crippen molar-refractivity contribution in [3.8, 4) is 0 Å². The van der Waals surface area contributed by atoms with Crippen LogP contribution >= 0.6 is 11.6 Å². The monoisotopic (exact) mass is 286 g/mol. The molecule has 1 heterocycles. The van der Waals surface area contributed by atoms with Gasteiger partial charge in [0.05, 0.1) is 11.4 Å². The molecule has 0 fully saturated rings. The second-order valence-corrected chi connectivity index (χ2v) is 5.72. The molecule has 0 spiro atoms. The highest BCUT2D eigenvalue weighted by molar-refractivity contribution is 6.31. The number of nitrogens with zero attached hydrogens (tertiary/aromatic N) is 1. The molecule has 0 atom stereocenters. The van der Waals surface area contributed by atoms with E-state index in [9.17, 15) is 0 Å². The predicted octanol–water partition coefficient (Wildman–Crippen LogP) is 4.47. The Morgan fingerprint density at radius 1 is 1.20 bits per heavy atom. The van der Waals surface area contributed by atoms with E-state index < -0.39 is 0 Å². The normalized spacial score (nSPS) is 14.4. The molecule has 1 aliphatic rings. The molecule has 3 heteroatoms. The molecular formula is C17H19ClN2.